The third kappa shape index (κ3) is 7.01. The molecule has 15 heavy (non-hydrogen) atoms. The molecule has 0 unspecified atom stereocenters. The minimum atomic E-state index is -0.891. The number of allylic oxidation sites excluding steroid dienone is 1. The lowest BCUT2D eigenvalue weighted by Crippen LogP contribution is -1.93. The van der Waals surface area contributed by atoms with E-state index in [1.807, 2.05) is 0 Å². The van der Waals surface area contributed by atoms with E-state index >= 15 is 0 Å². The molecule has 0 saturated carbocycles. The van der Waals surface area contributed by atoms with E-state index in [0.29, 0.717) is 5.56 Å². The Labute approximate surface area is 87.5 Å². The van der Waals surface area contributed by atoms with Crippen LogP contribution in [0.15, 0.2) is 42.5 Å². The summed E-state index contributed by atoms with van der Waals surface area (Å²) in [7, 11) is 0. The Hall–Kier alpha value is -2.10. The Morgan fingerprint density at radius 2 is 1.67 bits per heavy atom. The van der Waals surface area contributed by atoms with Gasteiger partial charge < -0.3 is 10.2 Å². The first-order valence-electron chi connectivity index (χ1n) is 4.22. The zero-order valence-corrected chi connectivity index (χ0v) is 8.25. The lowest BCUT2D eigenvalue weighted by atomic mass is 10.2. The van der Waals surface area contributed by atoms with Crippen molar-refractivity contribution in [2.24, 2.45) is 0 Å². The predicted octanol–water partition coefficient (Wildman–Crippen LogP) is 2.03. The highest BCUT2D eigenvalue weighted by Gasteiger charge is 1.96. The first kappa shape index (κ1) is 12.9. The van der Waals surface area contributed by atoms with Crippen molar-refractivity contribution < 1.29 is 19.8 Å². The fourth-order valence-electron chi connectivity index (χ4n) is 0.723. The molecule has 1 rings (SSSR count). The van der Waals surface area contributed by atoms with Gasteiger partial charge in [-0.25, -0.2) is 9.59 Å². The Morgan fingerprint density at radius 3 is 1.87 bits per heavy atom. The normalized spacial score (nSPS) is 9.13. The van der Waals surface area contributed by atoms with Gasteiger partial charge in [0, 0.05) is 6.08 Å². The number of aliphatic carboxylic acids is 1. The third-order valence-corrected chi connectivity index (χ3v) is 1.33. The molecule has 1 aromatic rings. The summed E-state index contributed by atoms with van der Waals surface area (Å²) in [6.07, 6.45) is 2.56. The van der Waals surface area contributed by atoms with Crippen molar-refractivity contribution in [3.05, 3.63) is 48.0 Å². The Kier molecular flexibility index (Phi) is 6.29. The van der Waals surface area contributed by atoms with E-state index in [0.717, 1.165) is 6.08 Å². The van der Waals surface area contributed by atoms with E-state index in [2.05, 4.69) is 0 Å². The average Bonchev–Trinajstić information content (AvgIpc) is 2.20. The van der Waals surface area contributed by atoms with Crippen LogP contribution in [0.5, 0.6) is 0 Å². The molecule has 0 saturated heterocycles. The molecule has 0 aliphatic rings. The fourth-order valence-corrected chi connectivity index (χ4v) is 0.723. The summed E-state index contributed by atoms with van der Waals surface area (Å²) in [6, 6.07) is 8.30. The van der Waals surface area contributed by atoms with Crippen LogP contribution < -0.4 is 0 Å². The van der Waals surface area contributed by atoms with Crippen LogP contribution in [-0.2, 0) is 4.79 Å². The second-order valence-corrected chi connectivity index (χ2v) is 2.51. The van der Waals surface area contributed by atoms with Crippen molar-refractivity contribution in [3.8, 4) is 0 Å². The summed E-state index contributed by atoms with van der Waals surface area (Å²) < 4.78 is 0. The SMILES string of the molecule is C/C=C/C(=O)O.O=C(O)c1ccccc1. The Bertz CT molecular complexity index is 341. The molecule has 0 spiro atoms. The molecule has 0 heterocycles. The number of carboxylic acids is 2. The molecule has 0 bridgehead atoms. The van der Waals surface area contributed by atoms with Gasteiger partial charge in [0.25, 0.3) is 0 Å². The molecule has 0 fully saturated rings. The van der Waals surface area contributed by atoms with Crippen molar-refractivity contribution in [1.29, 1.82) is 0 Å². The van der Waals surface area contributed by atoms with Gasteiger partial charge in [-0.15, -0.1) is 0 Å². The first-order valence-corrected chi connectivity index (χ1v) is 4.22. The van der Waals surface area contributed by atoms with Gasteiger partial charge in [-0.3, -0.25) is 0 Å². The van der Waals surface area contributed by atoms with Gasteiger partial charge in [0.05, 0.1) is 5.56 Å². The zero-order chi connectivity index (χ0) is 11.7. The molecule has 0 amide bonds. The number of aromatic carboxylic acids is 1. The maximum absolute atomic E-state index is 10.2. The predicted molar refractivity (Wildman–Crippen MR) is 55.9 cm³/mol. The molecule has 0 aliphatic heterocycles. The average molecular weight is 208 g/mol. The number of hydrogen-bond donors (Lipinski definition) is 2. The number of carbonyl (C=O) groups is 2. The van der Waals surface area contributed by atoms with Crippen LogP contribution in [0.3, 0.4) is 0 Å². The standard InChI is InChI=1S/C7H6O2.C4H6O2/c8-7(9)6-4-2-1-3-5-6;1-2-3-4(5)6/h1-5H,(H,8,9);2-3H,1H3,(H,5,6)/b;3-2+. The van der Waals surface area contributed by atoms with E-state index < -0.39 is 11.9 Å². The summed E-state index contributed by atoms with van der Waals surface area (Å²) in [4.78, 5) is 19.7. The molecule has 0 radical (unpaired) electrons. The molecule has 1 aromatic carbocycles. The Morgan fingerprint density at radius 1 is 1.13 bits per heavy atom. The molecule has 4 heteroatoms. The van der Waals surface area contributed by atoms with E-state index in [4.69, 9.17) is 10.2 Å². The second-order valence-electron chi connectivity index (χ2n) is 2.51. The molecule has 0 atom stereocenters. The summed E-state index contributed by atoms with van der Waals surface area (Å²) in [5, 5.41) is 16.2. The lowest BCUT2D eigenvalue weighted by Gasteiger charge is -1.88. The highest BCUT2D eigenvalue weighted by atomic mass is 16.4. The van der Waals surface area contributed by atoms with Gasteiger partial charge in [0.15, 0.2) is 0 Å². The second kappa shape index (κ2) is 7.32. The minimum absolute atomic E-state index is 0.331. The maximum atomic E-state index is 10.2. The minimum Gasteiger partial charge on any atom is -0.478 e. The van der Waals surface area contributed by atoms with E-state index in [-0.39, 0.29) is 0 Å². The van der Waals surface area contributed by atoms with Crippen LogP contribution in [0.2, 0.25) is 0 Å². The summed E-state index contributed by atoms with van der Waals surface area (Å²) in [5.41, 5.74) is 0.331. The van der Waals surface area contributed by atoms with Gasteiger partial charge in [0.1, 0.15) is 0 Å². The summed E-state index contributed by atoms with van der Waals surface area (Å²) in [5.74, 6) is -1.77. The van der Waals surface area contributed by atoms with Crippen LogP contribution in [0, 0.1) is 0 Å². The number of benzene rings is 1. The molecule has 0 aliphatic carbocycles. The molecule has 4 nitrogen and oxygen atoms in total. The molecule has 0 aromatic heterocycles. The van der Waals surface area contributed by atoms with Crippen LogP contribution in [-0.4, -0.2) is 22.2 Å². The van der Waals surface area contributed by atoms with Gasteiger partial charge in [-0.05, 0) is 19.1 Å². The molecular weight excluding hydrogens is 196 g/mol. The number of hydrogen-bond acceptors (Lipinski definition) is 2. The van der Waals surface area contributed by atoms with E-state index in [1.165, 1.54) is 6.08 Å². The third-order valence-electron chi connectivity index (χ3n) is 1.33. The number of rotatable bonds is 2. The highest BCUT2D eigenvalue weighted by Crippen LogP contribution is 1.96. The van der Waals surface area contributed by atoms with Gasteiger partial charge in [0.2, 0.25) is 0 Å². The van der Waals surface area contributed by atoms with Crippen LogP contribution in [0.4, 0.5) is 0 Å². The smallest absolute Gasteiger partial charge is 0.335 e. The monoisotopic (exact) mass is 208 g/mol. The fraction of sp³-hybridized carbons (Fsp3) is 0.0909. The van der Waals surface area contributed by atoms with Gasteiger partial charge >= 0.3 is 11.9 Å². The van der Waals surface area contributed by atoms with Crippen molar-refractivity contribution >= 4 is 11.9 Å². The lowest BCUT2D eigenvalue weighted by molar-refractivity contribution is -0.131. The summed E-state index contributed by atoms with van der Waals surface area (Å²) >= 11 is 0. The topological polar surface area (TPSA) is 74.6 Å². The van der Waals surface area contributed by atoms with E-state index in [9.17, 15) is 9.59 Å². The maximum Gasteiger partial charge on any atom is 0.335 e. The molecular formula is C11H12O4. The van der Waals surface area contributed by atoms with Gasteiger partial charge in [-0.1, -0.05) is 24.3 Å². The van der Waals surface area contributed by atoms with Crippen LogP contribution in [0.1, 0.15) is 17.3 Å². The van der Waals surface area contributed by atoms with Crippen molar-refractivity contribution in [3.63, 3.8) is 0 Å². The summed E-state index contributed by atoms with van der Waals surface area (Å²) in [6.45, 7) is 1.66. The quantitative estimate of drug-likeness (QED) is 0.729. The Balaban J connectivity index is 0.000000288. The van der Waals surface area contributed by atoms with E-state index in [1.54, 1.807) is 37.3 Å². The van der Waals surface area contributed by atoms with Crippen molar-refractivity contribution in [2.45, 2.75) is 6.92 Å². The van der Waals surface area contributed by atoms with Crippen molar-refractivity contribution in [1.82, 2.24) is 0 Å². The molecule has 2 N–H and O–H groups in total. The highest BCUT2D eigenvalue weighted by molar-refractivity contribution is 5.87. The van der Waals surface area contributed by atoms with Crippen LogP contribution >= 0.6 is 0 Å². The van der Waals surface area contributed by atoms with Gasteiger partial charge in [-0.2, -0.15) is 0 Å². The first-order chi connectivity index (χ1) is 7.07. The van der Waals surface area contributed by atoms with Crippen molar-refractivity contribution in [2.75, 3.05) is 0 Å². The zero-order valence-electron chi connectivity index (χ0n) is 8.25. The number of carboxylic acid groups (broad SMARTS) is 2. The molecule has 80 valence electrons. The van der Waals surface area contributed by atoms with Crippen LogP contribution in [0.25, 0.3) is 0 Å². The largest absolute Gasteiger partial charge is 0.478 e.